The van der Waals surface area contributed by atoms with Crippen molar-refractivity contribution < 1.29 is 0 Å². The first-order valence-electron chi connectivity index (χ1n) is 5.12. The largest absolute Gasteiger partial charge is 0.326 e. The summed E-state index contributed by atoms with van der Waals surface area (Å²) in [6, 6.07) is 0. The minimum atomic E-state index is 0.374. The molecule has 0 aliphatic rings. The normalized spacial score (nSPS) is 11.4. The highest BCUT2D eigenvalue weighted by atomic mass is 14.9. The van der Waals surface area contributed by atoms with E-state index < -0.39 is 0 Å². The van der Waals surface area contributed by atoms with E-state index in [1.54, 1.807) is 0 Å². The SMILES string of the molecule is CC(C)c1ncc(CN)c(C(C)C)n1. The third-order valence-electron chi connectivity index (χ3n) is 2.20. The summed E-state index contributed by atoms with van der Waals surface area (Å²) in [4.78, 5) is 8.85. The predicted octanol–water partition coefficient (Wildman–Crippen LogP) is 2.18. The monoisotopic (exact) mass is 193 g/mol. The van der Waals surface area contributed by atoms with E-state index in [9.17, 15) is 0 Å². The van der Waals surface area contributed by atoms with E-state index in [2.05, 4.69) is 37.7 Å². The molecule has 0 aromatic carbocycles. The molecule has 1 aromatic heterocycles. The van der Waals surface area contributed by atoms with Crippen LogP contribution < -0.4 is 5.73 Å². The van der Waals surface area contributed by atoms with Gasteiger partial charge in [0.25, 0.3) is 0 Å². The van der Waals surface area contributed by atoms with Crippen LogP contribution in [0.4, 0.5) is 0 Å². The predicted molar refractivity (Wildman–Crippen MR) is 58.1 cm³/mol. The van der Waals surface area contributed by atoms with Crippen LogP contribution >= 0.6 is 0 Å². The second kappa shape index (κ2) is 4.51. The van der Waals surface area contributed by atoms with Crippen LogP contribution in [0.5, 0.6) is 0 Å². The summed E-state index contributed by atoms with van der Waals surface area (Å²) in [7, 11) is 0. The fourth-order valence-corrected chi connectivity index (χ4v) is 1.37. The lowest BCUT2D eigenvalue weighted by Gasteiger charge is -2.12. The Balaban J connectivity index is 3.14. The van der Waals surface area contributed by atoms with Gasteiger partial charge in [-0.2, -0.15) is 0 Å². The summed E-state index contributed by atoms with van der Waals surface area (Å²) < 4.78 is 0. The zero-order valence-corrected chi connectivity index (χ0v) is 9.41. The first-order valence-corrected chi connectivity index (χ1v) is 5.12. The van der Waals surface area contributed by atoms with Gasteiger partial charge in [0, 0.05) is 24.2 Å². The molecule has 1 aromatic rings. The smallest absolute Gasteiger partial charge is 0.131 e. The Morgan fingerprint density at radius 3 is 2.29 bits per heavy atom. The summed E-state index contributed by atoms with van der Waals surface area (Å²) in [5, 5.41) is 0. The van der Waals surface area contributed by atoms with Crippen LogP contribution in [-0.4, -0.2) is 9.97 Å². The fraction of sp³-hybridized carbons (Fsp3) is 0.636. The van der Waals surface area contributed by atoms with Crippen molar-refractivity contribution in [1.82, 2.24) is 9.97 Å². The van der Waals surface area contributed by atoms with Crippen LogP contribution in [0.15, 0.2) is 6.20 Å². The highest BCUT2D eigenvalue weighted by Gasteiger charge is 2.11. The van der Waals surface area contributed by atoms with Gasteiger partial charge >= 0.3 is 0 Å². The van der Waals surface area contributed by atoms with Gasteiger partial charge in [-0.25, -0.2) is 9.97 Å². The summed E-state index contributed by atoms with van der Waals surface area (Å²) in [5.41, 5.74) is 7.78. The van der Waals surface area contributed by atoms with E-state index in [4.69, 9.17) is 5.73 Å². The van der Waals surface area contributed by atoms with Gasteiger partial charge in [0.2, 0.25) is 0 Å². The van der Waals surface area contributed by atoms with Crippen LogP contribution in [-0.2, 0) is 6.54 Å². The van der Waals surface area contributed by atoms with Gasteiger partial charge in [-0.15, -0.1) is 0 Å². The topological polar surface area (TPSA) is 51.8 Å². The molecule has 1 heterocycles. The maximum Gasteiger partial charge on any atom is 0.131 e. The number of hydrogen-bond acceptors (Lipinski definition) is 3. The molecule has 0 bridgehead atoms. The molecule has 14 heavy (non-hydrogen) atoms. The third kappa shape index (κ3) is 2.29. The van der Waals surface area contributed by atoms with Gasteiger partial charge in [0.15, 0.2) is 0 Å². The maximum absolute atomic E-state index is 5.63. The molecule has 3 heteroatoms. The molecule has 0 aliphatic heterocycles. The second-order valence-corrected chi connectivity index (χ2v) is 4.15. The van der Waals surface area contributed by atoms with Crippen molar-refractivity contribution in [3.63, 3.8) is 0 Å². The summed E-state index contributed by atoms with van der Waals surface area (Å²) in [6.07, 6.45) is 1.86. The quantitative estimate of drug-likeness (QED) is 0.800. The first kappa shape index (κ1) is 11.1. The van der Waals surface area contributed by atoms with Crippen LogP contribution in [0, 0.1) is 0 Å². The number of rotatable bonds is 3. The van der Waals surface area contributed by atoms with E-state index in [1.807, 2.05) is 6.20 Å². The Morgan fingerprint density at radius 1 is 1.21 bits per heavy atom. The lowest BCUT2D eigenvalue weighted by Crippen LogP contribution is -2.10. The van der Waals surface area contributed by atoms with Gasteiger partial charge in [0.1, 0.15) is 5.82 Å². The molecule has 3 nitrogen and oxygen atoms in total. The van der Waals surface area contributed by atoms with Crippen molar-refractivity contribution in [1.29, 1.82) is 0 Å². The third-order valence-corrected chi connectivity index (χ3v) is 2.20. The molecule has 0 spiro atoms. The fourth-order valence-electron chi connectivity index (χ4n) is 1.37. The van der Waals surface area contributed by atoms with Gasteiger partial charge in [0.05, 0.1) is 5.69 Å². The summed E-state index contributed by atoms with van der Waals surface area (Å²) in [6.45, 7) is 8.98. The van der Waals surface area contributed by atoms with Crippen molar-refractivity contribution in [2.45, 2.75) is 46.1 Å². The van der Waals surface area contributed by atoms with Crippen molar-refractivity contribution >= 4 is 0 Å². The maximum atomic E-state index is 5.63. The number of nitrogens with two attached hydrogens (primary N) is 1. The molecule has 2 N–H and O–H groups in total. The Hall–Kier alpha value is -0.960. The highest BCUT2D eigenvalue weighted by molar-refractivity contribution is 5.21. The lowest BCUT2D eigenvalue weighted by atomic mass is 10.0. The van der Waals surface area contributed by atoms with Crippen LogP contribution in [0.2, 0.25) is 0 Å². The molecule has 0 aliphatic carbocycles. The standard InChI is InChI=1S/C11H19N3/c1-7(2)10-9(5-12)6-13-11(14-10)8(3)4/h6-8H,5,12H2,1-4H3. The average molecular weight is 193 g/mol. The molecule has 0 fully saturated rings. The van der Waals surface area contributed by atoms with E-state index in [-0.39, 0.29) is 0 Å². The molecule has 1 rings (SSSR count). The molecule has 0 atom stereocenters. The van der Waals surface area contributed by atoms with E-state index in [0.717, 1.165) is 17.1 Å². The molecule has 0 saturated carbocycles. The molecule has 78 valence electrons. The van der Waals surface area contributed by atoms with Gasteiger partial charge in [-0.3, -0.25) is 0 Å². The Labute approximate surface area is 85.8 Å². The molecule has 0 amide bonds. The Kier molecular flexibility index (Phi) is 3.58. The van der Waals surface area contributed by atoms with Gasteiger partial charge in [-0.1, -0.05) is 27.7 Å². The van der Waals surface area contributed by atoms with Crippen molar-refractivity contribution in [2.24, 2.45) is 5.73 Å². The van der Waals surface area contributed by atoms with E-state index in [1.165, 1.54) is 0 Å². The van der Waals surface area contributed by atoms with Gasteiger partial charge < -0.3 is 5.73 Å². The summed E-state index contributed by atoms with van der Waals surface area (Å²) >= 11 is 0. The van der Waals surface area contributed by atoms with Crippen molar-refractivity contribution in [3.05, 3.63) is 23.3 Å². The van der Waals surface area contributed by atoms with E-state index >= 15 is 0 Å². The van der Waals surface area contributed by atoms with Crippen molar-refractivity contribution in [2.75, 3.05) is 0 Å². The van der Waals surface area contributed by atoms with Crippen LogP contribution in [0.1, 0.15) is 56.6 Å². The minimum Gasteiger partial charge on any atom is -0.326 e. The van der Waals surface area contributed by atoms with Crippen LogP contribution in [0.3, 0.4) is 0 Å². The van der Waals surface area contributed by atoms with Gasteiger partial charge in [-0.05, 0) is 5.92 Å². The van der Waals surface area contributed by atoms with E-state index in [0.29, 0.717) is 18.4 Å². The first-order chi connectivity index (χ1) is 6.56. The molecule has 0 radical (unpaired) electrons. The lowest BCUT2D eigenvalue weighted by molar-refractivity contribution is 0.713. The number of aromatic nitrogens is 2. The molecule has 0 saturated heterocycles. The van der Waals surface area contributed by atoms with Crippen molar-refractivity contribution in [3.8, 4) is 0 Å². The zero-order chi connectivity index (χ0) is 10.7. The average Bonchev–Trinajstić information content (AvgIpc) is 2.16. The molecular formula is C11H19N3. The second-order valence-electron chi connectivity index (χ2n) is 4.15. The minimum absolute atomic E-state index is 0.374. The zero-order valence-electron chi connectivity index (χ0n) is 9.41. The highest BCUT2D eigenvalue weighted by Crippen LogP contribution is 2.18. The Bertz CT molecular complexity index is 305. The summed E-state index contributed by atoms with van der Waals surface area (Å²) in [5.74, 6) is 1.69. The number of nitrogens with zero attached hydrogens (tertiary/aromatic N) is 2. The van der Waals surface area contributed by atoms with Crippen LogP contribution in [0.25, 0.3) is 0 Å². The molecule has 0 unspecified atom stereocenters. The Morgan fingerprint density at radius 2 is 1.86 bits per heavy atom. The number of hydrogen-bond donors (Lipinski definition) is 1. The molecular weight excluding hydrogens is 174 g/mol.